The minimum Gasteiger partial charge on any atom is -0.510 e. The Balaban J connectivity index is 1.58. The molecule has 1 fully saturated rings. The SMILES string of the molecule is CC(C)CCN(C)Cc1cccc(-c2ccc(O)c3c2CC2CC4C(C(=O)C2=C3O)[C@@](C)(O)C(C(N)=O)=C(O)[C@H]4N(C)C)c1. The molecular formula is C35H45N3O6. The molecule has 1 amide bonds. The second kappa shape index (κ2) is 11.7. The molecule has 0 spiro atoms. The molecule has 9 heteroatoms. The fourth-order valence-electron chi connectivity index (χ4n) is 7.86. The maximum atomic E-state index is 14.2. The van der Waals surface area contributed by atoms with Gasteiger partial charge in [0, 0.05) is 12.1 Å². The number of amides is 1. The first-order valence-electron chi connectivity index (χ1n) is 15.4. The van der Waals surface area contributed by atoms with Gasteiger partial charge in [-0.1, -0.05) is 38.1 Å². The lowest BCUT2D eigenvalue weighted by Gasteiger charge is -2.52. The Bertz CT molecular complexity index is 1560. The van der Waals surface area contributed by atoms with Gasteiger partial charge in [0.2, 0.25) is 0 Å². The van der Waals surface area contributed by atoms with Gasteiger partial charge in [0.15, 0.2) is 5.78 Å². The summed E-state index contributed by atoms with van der Waals surface area (Å²) in [6.45, 7) is 7.52. The Morgan fingerprint density at radius 3 is 2.45 bits per heavy atom. The Hall–Kier alpha value is -3.66. The summed E-state index contributed by atoms with van der Waals surface area (Å²) in [5, 5.41) is 45.4. The summed E-state index contributed by atoms with van der Waals surface area (Å²) < 4.78 is 0. The molecule has 5 rings (SSSR count). The monoisotopic (exact) mass is 603 g/mol. The Kier molecular flexibility index (Phi) is 8.44. The molecule has 5 atom stereocenters. The lowest BCUT2D eigenvalue weighted by Crippen LogP contribution is -2.61. The highest BCUT2D eigenvalue weighted by molar-refractivity contribution is 6.08. The van der Waals surface area contributed by atoms with Crippen molar-refractivity contribution in [3.63, 3.8) is 0 Å². The normalized spacial score (nSPS) is 26.7. The molecular weight excluding hydrogens is 558 g/mol. The van der Waals surface area contributed by atoms with Crippen molar-refractivity contribution in [3.05, 3.63) is 70.0 Å². The average Bonchev–Trinajstić information content (AvgIpc) is 2.91. The third-order valence-corrected chi connectivity index (χ3v) is 9.81. The van der Waals surface area contributed by atoms with Gasteiger partial charge in [0.25, 0.3) is 5.91 Å². The van der Waals surface area contributed by atoms with Crippen molar-refractivity contribution in [1.29, 1.82) is 0 Å². The standard InChI is InChI=1S/C35H45N3O6/c1-18(2)12-13-38(6)17-19-8-7-9-20(14-19)22-10-11-25(39)27-23(22)15-21-16-24-28(32(41)26(21)31(27)40)35(3,44)29(34(36)43)33(42)30(24)37(4)5/h7-11,14,18,21,24,28,30,39-40,42,44H,12-13,15-17H2,1-6H3,(H2,36,43)/t21?,24?,28?,30-,35+/m0/s1. The topological polar surface area (TPSA) is 148 Å². The number of benzene rings is 2. The van der Waals surface area contributed by atoms with Crippen molar-refractivity contribution in [1.82, 2.24) is 9.80 Å². The summed E-state index contributed by atoms with van der Waals surface area (Å²) in [5.74, 6) is -3.76. The summed E-state index contributed by atoms with van der Waals surface area (Å²) in [6, 6.07) is 10.9. The fraction of sp³-hybridized carbons (Fsp3) is 0.486. The zero-order chi connectivity index (χ0) is 32.2. The lowest BCUT2D eigenvalue weighted by atomic mass is 9.55. The molecule has 44 heavy (non-hydrogen) atoms. The van der Waals surface area contributed by atoms with E-state index in [1.807, 2.05) is 18.2 Å². The van der Waals surface area contributed by atoms with Crippen LogP contribution in [0.2, 0.25) is 0 Å². The minimum atomic E-state index is -2.05. The van der Waals surface area contributed by atoms with Crippen LogP contribution in [0.4, 0.5) is 0 Å². The minimum absolute atomic E-state index is 0.134. The van der Waals surface area contributed by atoms with Crippen molar-refractivity contribution in [3.8, 4) is 16.9 Å². The number of fused-ring (bicyclic) bond motifs is 3. The van der Waals surface area contributed by atoms with E-state index in [-0.39, 0.29) is 34.0 Å². The Labute approximate surface area is 259 Å². The summed E-state index contributed by atoms with van der Waals surface area (Å²) >= 11 is 0. The number of nitrogens with zero attached hydrogens (tertiary/aromatic N) is 2. The van der Waals surface area contributed by atoms with E-state index in [0.717, 1.165) is 41.8 Å². The molecule has 236 valence electrons. The van der Waals surface area contributed by atoms with Crippen LogP contribution in [0, 0.1) is 23.7 Å². The number of ketones is 1. The van der Waals surface area contributed by atoms with Crippen LogP contribution in [0.3, 0.4) is 0 Å². The van der Waals surface area contributed by atoms with Crippen LogP contribution in [0.15, 0.2) is 53.3 Å². The number of aliphatic hydroxyl groups excluding tert-OH is 2. The second-order valence-corrected chi connectivity index (χ2v) is 13.7. The summed E-state index contributed by atoms with van der Waals surface area (Å²) in [4.78, 5) is 30.7. The van der Waals surface area contributed by atoms with E-state index in [0.29, 0.717) is 18.8 Å². The third kappa shape index (κ3) is 5.31. The number of hydrogen-bond acceptors (Lipinski definition) is 8. The largest absolute Gasteiger partial charge is 0.510 e. The number of Topliss-reactive ketones (excluding diaryl/α,β-unsaturated/α-hetero) is 1. The van der Waals surface area contributed by atoms with Gasteiger partial charge in [-0.2, -0.15) is 0 Å². The van der Waals surface area contributed by atoms with Crippen LogP contribution in [-0.2, 0) is 22.6 Å². The Morgan fingerprint density at radius 2 is 1.82 bits per heavy atom. The summed E-state index contributed by atoms with van der Waals surface area (Å²) in [5.41, 5.74) is 7.22. The van der Waals surface area contributed by atoms with E-state index in [1.165, 1.54) is 13.0 Å². The second-order valence-electron chi connectivity index (χ2n) is 13.7. The quantitative estimate of drug-likeness (QED) is 0.302. The van der Waals surface area contributed by atoms with Crippen LogP contribution in [0.5, 0.6) is 5.75 Å². The van der Waals surface area contributed by atoms with Crippen molar-refractivity contribution in [2.24, 2.45) is 29.4 Å². The molecule has 3 aliphatic carbocycles. The number of carbonyl (C=O) groups excluding carboxylic acids is 2. The number of phenols is 1. The van der Waals surface area contributed by atoms with Gasteiger partial charge in [-0.05, 0) is 106 Å². The predicted octanol–water partition coefficient (Wildman–Crippen LogP) is 4.18. The van der Waals surface area contributed by atoms with Crippen LogP contribution >= 0.6 is 0 Å². The average molecular weight is 604 g/mol. The van der Waals surface area contributed by atoms with Crippen molar-refractivity contribution in [2.45, 2.75) is 58.2 Å². The number of hydrogen-bond donors (Lipinski definition) is 5. The van der Waals surface area contributed by atoms with Crippen LogP contribution in [0.1, 0.15) is 50.3 Å². The van der Waals surface area contributed by atoms with Crippen molar-refractivity contribution >= 4 is 17.4 Å². The van der Waals surface area contributed by atoms with E-state index in [2.05, 4.69) is 37.9 Å². The number of aliphatic hydroxyl groups is 3. The van der Waals surface area contributed by atoms with Crippen LogP contribution < -0.4 is 5.73 Å². The van der Waals surface area contributed by atoms with Gasteiger partial charge < -0.3 is 31.1 Å². The molecule has 3 aliphatic rings. The smallest absolute Gasteiger partial charge is 0.251 e. The van der Waals surface area contributed by atoms with Crippen LogP contribution in [0.25, 0.3) is 16.9 Å². The molecule has 1 saturated carbocycles. The highest BCUT2D eigenvalue weighted by atomic mass is 16.3. The van der Waals surface area contributed by atoms with Crippen molar-refractivity contribution < 1.29 is 30.0 Å². The highest BCUT2D eigenvalue weighted by Gasteiger charge is 2.60. The maximum Gasteiger partial charge on any atom is 0.251 e. The van der Waals surface area contributed by atoms with E-state index in [9.17, 15) is 30.0 Å². The summed E-state index contributed by atoms with van der Waals surface area (Å²) in [7, 11) is 5.59. The number of aromatic hydroxyl groups is 1. The molecule has 2 aromatic rings. The summed E-state index contributed by atoms with van der Waals surface area (Å²) in [6.07, 6.45) is 1.85. The van der Waals surface area contributed by atoms with Crippen molar-refractivity contribution in [2.75, 3.05) is 27.7 Å². The van der Waals surface area contributed by atoms with Gasteiger partial charge in [0.1, 0.15) is 22.9 Å². The number of carbonyl (C=O) groups is 2. The van der Waals surface area contributed by atoms with Gasteiger partial charge in [-0.15, -0.1) is 0 Å². The van der Waals surface area contributed by atoms with Gasteiger partial charge in [0.05, 0.1) is 23.1 Å². The fourth-order valence-corrected chi connectivity index (χ4v) is 7.86. The highest BCUT2D eigenvalue weighted by Crippen LogP contribution is 2.54. The molecule has 0 heterocycles. The third-order valence-electron chi connectivity index (χ3n) is 9.81. The number of phenolic OH excluding ortho intramolecular Hbond substituents is 1. The van der Waals surface area contributed by atoms with Gasteiger partial charge in [-0.3, -0.25) is 14.5 Å². The molecule has 3 unspecified atom stereocenters. The van der Waals surface area contributed by atoms with Gasteiger partial charge >= 0.3 is 0 Å². The lowest BCUT2D eigenvalue weighted by molar-refractivity contribution is -0.139. The molecule has 0 bridgehead atoms. The predicted molar refractivity (Wildman–Crippen MR) is 170 cm³/mol. The first-order valence-corrected chi connectivity index (χ1v) is 15.4. The van der Waals surface area contributed by atoms with Crippen LogP contribution in [-0.4, -0.2) is 81.2 Å². The molecule has 0 radical (unpaired) electrons. The molecule has 6 N–H and O–H groups in total. The molecule has 9 nitrogen and oxygen atoms in total. The number of nitrogens with two attached hydrogens (primary N) is 1. The first-order chi connectivity index (χ1) is 20.6. The molecule has 0 saturated heterocycles. The van der Waals surface area contributed by atoms with E-state index in [4.69, 9.17) is 5.73 Å². The maximum absolute atomic E-state index is 14.2. The molecule has 2 aromatic carbocycles. The zero-order valence-electron chi connectivity index (χ0n) is 26.5. The molecule has 0 aliphatic heterocycles. The Morgan fingerprint density at radius 1 is 1.11 bits per heavy atom. The van der Waals surface area contributed by atoms with E-state index in [1.54, 1.807) is 19.0 Å². The number of likely N-dealkylation sites (N-methyl/N-ethyl adjacent to an activating group) is 1. The van der Waals surface area contributed by atoms with Gasteiger partial charge in [-0.25, -0.2) is 0 Å². The zero-order valence-corrected chi connectivity index (χ0v) is 26.5. The van der Waals surface area contributed by atoms with E-state index < -0.39 is 41.1 Å². The molecule has 0 aromatic heterocycles. The van der Waals surface area contributed by atoms with E-state index >= 15 is 0 Å². The number of rotatable bonds is 8. The number of primary amides is 1. The number of allylic oxidation sites excluding steroid dienone is 1. The first kappa shape index (κ1) is 31.8.